The number of hydrogen-bond acceptors (Lipinski definition) is 3. The number of nitrogens with one attached hydrogen (secondary N) is 2. The van der Waals surface area contributed by atoms with Crippen LogP contribution in [-0.4, -0.2) is 16.1 Å². The third-order valence-electron chi connectivity index (χ3n) is 2.43. The fourth-order valence-corrected chi connectivity index (χ4v) is 1.96. The van der Waals surface area contributed by atoms with Gasteiger partial charge in [-0.2, -0.15) is 18.3 Å². The Hall–Kier alpha value is -2.03. The number of carbonyl (C=O) groups excluding carboxylic acids is 1. The first-order valence-electron chi connectivity index (χ1n) is 5.26. The lowest BCUT2D eigenvalue weighted by Gasteiger charge is -2.11. The van der Waals surface area contributed by atoms with Crippen LogP contribution in [0.5, 0.6) is 0 Å². The monoisotopic (exact) mass is 348 g/mol. The number of nitrogens with zero attached hydrogens (tertiary/aromatic N) is 1. The van der Waals surface area contributed by atoms with E-state index in [4.69, 9.17) is 5.73 Å². The molecule has 1 amide bonds. The van der Waals surface area contributed by atoms with Crippen LogP contribution >= 0.6 is 15.9 Å². The molecule has 0 spiro atoms. The van der Waals surface area contributed by atoms with Crippen LogP contribution in [0.3, 0.4) is 0 Å². The van der Waals surface area contributed by atoms with Gasteiger partial charge in [0.2, 0.25) is 0 Å². The highest BCUT2D eigenvalue weighted by Crippen LogP contribution is 2.36. The molecule has 2 aromatic rings. The lowest BCUT2D eigenvalue weighted by molar-refractivity contribution is -0.138. The number of carbonyl (C=O) groups is 1. The SMILES string of the molecule is Nc1cn[nH]c1C(=O)Nc1ccc(Br)c(C(F)(F)F)c1. The van der Waals surface area contributed by atoms with Crippen molar-refractivity contribution in [3.63, 3.8) is 0 Å². The van der Waals surface area contributed by atoms with Crippen LogP contribution in [-0.2, 0) is 6.18 Å². The molecule has 0 saturated heterocycles. The Bertz CT molecular complexity index is 653. The van der Waals surface area contributed by atoms with E-state index in [1.54, 1.807) is 0 Å². The Labute approximate surface area is 119 Å². The molecule has 0 aliphatic rings. The molecule has 4 N–H and O–H groups in total. The molecule has 106 valence electrons. The van der Waals surface area contributed by atoms with Crippen LogP contribution in [0.2, 0.25) is 0 Å². The molecule has 0 atom stereocenters. The molecule has 0 saturated carbocycles. The predicted octanol–water partition coefficient (Wildman–Crippen LogP) is 3.03. The fraction of sp³-hybridized carbons (Fsp3) is 0.0909. The first-order valence-corrected chi connectivity index (χ1v) is 6.05. The summed E-state index contributed by atoms with van der Waals surface area (Å²) < 4.78 is 38.1. The topological polar surface area (TPSA) is 83.8 Å². The molecule has 0 aliphatic carbocycles. The Balaban J connectivity index is 2.27. The Morgan fingerprint density at radius 3 is 2.65 bits per heavy atom. The van der Waals surface area contributed by atoms with Crippen LogP contribution in [0.1, 0.15) is 16.1 Å². The van der Waals surface area contributed by atoms with E-state index in [9.17, 15) is 18.0 Å². The number of nitrogens with two attached hydrogens (primary N) is 1. The van der Waals surface area contributed by atoms with Crippen LogP contribution in [0.25, 0.3) is 0 Å². The maximum absolute atomic E-state index is 12.7. The quantitative estimate of drug-likeness (QED) is 0.779. The second kappa shape index (κ2) is 5.16. The van der Waals surface area contributed by atoms with Crippen LogP contribution in [0.15, 0.2) is 28.9 Å². The van der Waals surface area contributed by atoms with Crippen LogP contribution in [0.4, 0.5) is 24.5 Å². The second-order valence-electron chi connectivity index (χ2n) is 3.85. The van der Waals surface area contributed by atoms with Crippen molar-refractivity contribution in [3.05, 3.63) is 40.1 Å². The summed E-state index contributed by atoms with van der Waals surface area (Å²) in [7, 11) is 0. The summed E-state index contributed by atoms with van der Waals surface area (Å²) in [6.45, 7) is 0. The molecular formula is C11H8BrF3N4O. The summed E-state index contributed by atoms with van der Waals surface area (Å²) in [6, 6.07) is 3.37. The lowest BCUT2D eigenvalue weighted by atomic mass is 10.2. The molecule has 0 fully saturated rings. The van der Waals surface area contributed by atoms with Crippen molar-refractivity contribution in [2.24, 2.45) is 0 Å². The number of H-pyrrole nitrogens is 1. The highest BCUT2D eigenvalue weighted by molar-refractivity contribution is 9.10. The van der Waals surface area contributed by atoms with Crippen LogP contribution < -0.4 is 11.1 Å². The zero-order valence-electron chi connectivity index (χ0n) is 9.75. The zero-order chi connectivity index (χ0) is 14.9. The van der Waals surface area contributed by atoms with Gasteiger partial charge in [-0.3, -0.25) is 9.89 Å². The molecule has 0 unspecified atom stereocenters. The van der Waals surface area contributed by atoms with E-state index in [-0.39, 0.29) is 21.5 Å². The number of benzene rings is 1. The standard InChI is InChI=1S/C11H8BrF3N4O/c12-7-2-1-5(3-6(7)11(13,14)15)18-10(20)9-8(16)4-17-19-9/h1-4H,16H2,(H,17,19)(H,18,20). The van der Waals surface area contributed by atoms with Gasteiger partial charge < -0.3 is 11.1 Å². The number of anilines is 2. The Morgan fingerprint density at radius 1 is 1.40 bits per heavy atom. The van der Waals surface area contributed by atoms with Crippen molar-refractivity contribution in [1.82, 2.24) is 10.2 Å². The van der Waals surface area contributed by atoms with Gasteiger partial charge in [0, 0.05) is 10.2 Å². The van der Waals surface area contributed by atoms with Crippen LogP contribution in [0, 0.1) is 0 Å². The molecule has 1 aromatic carbocycles. The highest BCUT2D eigenvalue weighted by Gasteiger charge is 2.33. The first kappa shape index (κ1) is 14.4. The molecule has 9 heteroatoms. The van der Waals surface area contributed by atoms with Crippen molar-refractivity contribution in [3.8, 4) is 0 Å². The molecule has 0 radical (unpaired) electrons. The van der Waals surface area contributed by atoms with E-state index in [2.05, 4.69) is 31.4 Å². The van der Waals surface area contributed by atoms with Crippen molar-refractivity contribution in [1.29, 1.82) is 0 Å². The average molecular weight is 349 g/mol. The number of hydrogen-bond donors (Lipinski definition) is 3. The van der Waals surface area contributed by atoms with Gasteiger partial charge in [-0.25, -0.2) is 0 Å². The maximum atomic E-state index is 12.7. The minimum absolute atomic E-state index is 0.000440. The number of amides is 1. The molecule has 20 heavy (non-hydrogen) atoms. The number of halogens is 4. The van der Waals surface area contributed by atoms with Gasteiger partial charge in [0.1, 0.15) is 5.69 Å². The molecule has 1 heterocycles. The minimum atomic E-state index is -4.52. The summed E-state index contributed by atoms with van der Waals surface area (Å²) in [5, 5.41) is 8.23. The van der Waals surface area contributed by atoms with Gasteiger partial charge in [-0.1, -0.05) is 15.9 Å². The van der Waals surface area contributed by atoms with Gasteiger partial charge in [-0.15, -0.1) is 0 Å². The van der Waals surface area contributed by atoms with Gasteiger partial charge in [0.05, 0.1) is 17.4 Å². The third kappa shape index (κ3) is 2.93. The van der Waals surface area contributed by atoms with Gasteiger partial charge in [-0.05, 0) is 18.2 Å². The lowest BCUT2D eigenvalue weighted by Crippen LogP contribution is -2.15. The van der Waals surface area contributed by atoms with Crippen molar-refractivity contribution >= 4 is 33.2 Å². The summed E-state index contributed by atoms with van der Waals surface area (Å²) in [5.74, 6) is -0.671. The molecule has 0 aliphatic heterocycles. The summed E-state index contributed by atoms with van der Waals surface area (Å²) in [6.07, 6.45) is -3.29. The number of alkyl halides is 3. The van der Waals surface area contributed by atoms with Crippen molar-refractivity contribution in [2.45, 2.75) is 6.18 Å². The fourth-order valence-electron chi connectivity index (χ4n) is 1.49. The number of nitrogen functional groups attached to an aromatic ring is 1. The van der Waals surface area contributed by atoms with E-state index >= 15 is 0 Å². The molecule has 1 aromatic heterocycles. The van der Waals surface area contributed by atoms with E-state index in [1.807, 2.05) is 0 Å². The normalized spacial score (nSPS) is 11.4. The molecular weight excluding hydrogens is 341 g/mol. The van der Waals surface area contributed by atoms with Gasteiger partial charge >= 0.3 is 6.18 Å². The predicted molar refractivity (Wildman–Crippen MR) is 70.1 cm³/mol. The minimum Gasteiger partial charge on any atom is -0.396 e. The van der Waals surface area contributed by atoms with E-state index in [0.717, 1.165) is 6.07 Å². The van der Waals surface area contributed by atoms with E-state index < -0.39 is 17.6 Å². The van der Waals surface area contributed by atoms with E-state index in [0.29, 0.717) is 0 Å². The zero-order valence-corrected chi connectivity index (χ0v) is 11.3. The first-order chi connectivity index (χ1) is 9.29. The second-order valence-corrected chi connectivity index (χ2v) is 4.70. The largest absolute Gasteiger partial charge is 0.417 e. The third-order valence-corrected chi connectivity index (χ3v) is 3.12. The summed E-state index contributed by atoms with van der Waals surface area (Å²) in [4.78, 5) is 11.8. The number of aromatic nitrogens is 2. The summed E-state index contributed by atoms with van der Waals surface area (Å²) >= 11 is 2.81. The summed E-state index contributed by atoms with van der Waals surface area (Å²) in [5.41, 5.74) is 4.69. The van der Waals surface area contributed by atoms with Crippen molar-refractivity contribution < 1.29 is 18.0 Å². The smallest absolute Gasteiger partial charge is 0.396 e. The molecule has 5 nitrogen and oxygen atoms in total. The van der Waals surface area contributed by atoms with Crippen molar-refractivity contribution in [2.75, 3.05) is 11.1 Å². The van der Waals surface area contributed by atoms with Gasteiger partial charge in [0.15, 0.2) is 0 Å². The number of rotatable bonds is 2. The average Bonchev–Trinajstić information content (AvgIpc) is 2.76. The highest BCUT2D eigenvalue weighted by atomic mass is 79.9. The molecule has 2 rings (SSSR count). The maximum Gasteiger partial charge on any atom is 0.417 e. The van der Waals surface area contributed by atoms with E-state index in [1.165, 1.54) is 18.3 Å². The molecule has 0 bridgehead atoms. The number of aromatic amines is 1. The van der Waals surface area contributed by atoms with Gasteiger partial charge in [0.25, 0.3) is 5.91 Å². The Morgan fingerprint density at radius 2 is 2.10 bits per heavy atom. The Kier molecular flexibility index (Phi) is 3.71.